The summed E-state index contributed by atoms with van der Waals surface area (Å²) in [6.07, 6.45) is 0.639. The van der Waals surface area contributed by atoms with Gasteiger partial charge in [-0.25, -0.2) is 0 Å². The van der Waals surface area contributed by atoms with E-state index in [1.165, 1.54) is 11.9 Å². The first kappa shape index (κ1) is 16.6. The van der Waals surface area contributed by atoms with Crippen LogP contribution in [0.2, 0.25) is 0 Å². The molecule has 6 heteroatoms. The fourth-order valence-corrected chi connectivity index (χ4v) is 2.81. The summed E-state index contributed by atoms with van der Waals surface area (Å²) in [6, 6.07) is 9.88. The Hall–Kier alpha value is -3.28. The van der Waals surface area contributed by atoms with E-state index < -0.39 is 0 Å². The van der Waals surface area contributed by atoms with Crippen molar-refractivity contribution in [1.29, 1.82) is 0 Å². The summed E-state index contributed by atoms with van der Waals surface area (Å²) in [6.45, 7) is 0. The van der Waals surface area contributed by atoms with E-state index in [1.54, 1.807) is 50.5 Å². The third-order valence-corrected chi connectivity index (χ3v) is 4.24. The highest BCUT2D eigenvalue weighted by Gasteiger charge is 2.32. The monoisotopic (exact) mass is 336 g/mol. The van der Waals surface area contributed by atoms with Gasteiger partial charge in [-0.05, 0) is 29.3 Å². The Labute approximate surface area is 144 Å². The Bertz CT molecular complexity index is 931. The molecule has 3 rings (SSSR count). The van der Waals surface area contributed by atoms with Gasteiger partial charge in [0.1, 0.15) is 0 Å². The van der Waals surface area contributed by atoms with Crippen LogP contribution < -0.4 is 0 Å². The van der Waals surface area contributed by atoms with Gasteiger partial charge in [0, 0.05) is 26.7 Å². The largest absolute Gasteiger partial charge is 0.345 e. The molecule has 0 bridgehead atoms. The van der Waals surface area contributed by atoms with Crippen LogP contribution in [0.25, 0.3) is 11.1 Å². The van der Waals surface area contributed by atoms with Crippen LogP contribution in [0.3, 0.4) is 0 Å². The highest BCUT2D eigenvalue weighted by Crippen LogP contribution is 2.29. The second kappa shape index (κ2) is 5.98. The van der Waals surface area contributed by atoms with Crippen LogP contribution in [-0.2, 0) is 0 Å². The number of rotatable bonds is 3. The number of benzene rings is 2. The van der Waals surface area contributed by atoms with Gasteiger partial charge in [0.2, 0.25) is 0 Å². The number of aldehydes is 1. The lowest BCUT2D eigenvalue weighted by molar-refractivity contribution is 0.0692. The Morgan fingerprint density at radius 3 is 2.20 bits per heavy atom. The molecule has 0 radical (unpaired) electrons. The van der Waals surface area contributed by atoms with Crippen molar-refractivity contribution < 1.29 is 19.2 Å². The van der Waals surface area contributed by atoms with E-state index in [-0.39, 0.29) is 23.3 Å². The fraction of sp³-hybridized carbons (Fsp3) is 0.158. The van der Waals surface area contributed by atoms with Crippen molar-refractivity contribution in [3.63, 3.8) is 0 Å². The van der Waals surface area contributed by atoms with E-state index in [1.807, 2.05) is 0 Å². The van der Waals surface area contributed by atoms with E-state index in [4.69, 9.17) is 0 Å². The standard InChI is InChI=1S/C19H16N2O4/c1-20(2)17(23)15-8-11(4-5-13(15)10-22)12-6-7-14-16(9-12)19(25)21(3)18(14)24/h4-10H,1-3H3. The van der Waals surface area contributed by atoms with Gasteiger partial charge in [-0.15, -0.1) is 0 Å². The lowest BCUT2D eigenvalue weighted by atomic mass is 9.96. The number of nitrogens with zero attached hydrogens (tertiary/aromatic N) is 2. The van der Waals surface area contributed by atoms with E-state index in [2.05, 4.69) is 0 Å². The first-order valence-corrected chi connectivity index (χ1v) is 7.63. The number of fused-ring (bicyclic) bond motifs is 1. The smallest absolute Gasteiger partial charge is 0.261 e. The van der Waals surface area contributed by atoms with Crippen molar-refractivity contribution in [2.45, 2.75) is 0 Å². The molecule has 0 saturated heterocycles. The Balaban J connectivity index is 2.11. The topological polar surface area (TPSA) is 74.8 Å². The molecule has 1 heterocycles. The number of carbonyl (C=O) groups excluding carboxylic acids is 4. The van der Waals surface area contributed by atoms with Gasteiger partial charge in [-0.3, -0.25) is 24.1 Å². The van der Waals surface area contributed by atoms with Crippen LogP contribution in [-0.4, -0.2) is 55.0 Å². The minimum absolute atomic E-state index is 0.281. The fourth-order valence-electron chi connectivity index (χ4n) is 2.81. The van der Waals surface area contributed by atoms with Crippen LogP contribution in [0.1, 0.15) is 41.4 Å². The molecule has 0 unspecified atom stereocenters. The molecular weight excluding hydrogens is 320 g/mol. The van der Waals surface area contributed by atoms with E-state index in [0.29, 0.717) is 34.1 Å². The third kappa shape index (κ3) is 2.61. The number of amides is 3. The molecule has 126 valence electrons. The maximum atomic E-state index is 12.3. The van der Waals surface area contributed by atoms with Crippen molar-refractivity contribution in [3.8, 4) is 11.1 Å². The first-order chi connectivity index (χ1) is 11.8. The number of imide groups is 1. The van der Waals surface area contributed by atoms with Crippen LogP contribution in [0.15, 0.2) is 36.4 Å². The predicted octanol–water partition coefficient (Wildman–Crippen LogP) is 2.09. The normalized spacial score (nSPS) is 13.0. The zero-order valence-corrected chi connectivity index (χ0v) is 14.1. The van der Waals surface area contributed by atoms with Gasteiger partial charge < -0.3 is 4.90 Å². The van der Waals surface area contributed by atoms with Gasteiger partial charge in [-0.2, -0.15) is 0 Å². The Morgan fingerprint density at radius 1 is 0.960 bits per heavy atom. The molecule has 0 aromatic heterocycles. The first-order valence-electron chi connectivity index (χ1n) is 7.63. The number of carbonyl (C=O) groups is 4. The number of hydrogen-bond donors (Lipinski definition) is 0. The molecule has 0 N–H and O–H groups in total. The van der Waals surface area contributed by atoms with Crippen LogP contribution in [0.4, 0.5) is 0 Å². The molecule has 0 aliphatic carbocycles. The maximum Gasteiger partial charge on any atom is 0.261 e. The van der Waals surface area contributed by atoms with Crippen molar-refractivity contribution in [3.05, 3.63) is 58.7 Å². The Morgan fingerprint density at radius 2 is 1.56 bits per heavy atom. The average Bonchev–Trinajstić information content (AvgIpc) is 2.84. The summed E-state index contributed by atoms with van der Waals surface area (Å²) in [5.74, 6) is -0.960. The number of hydrogen-bond acceptors (Lipinski definition) is 4. The van der Waals surface area contributed by atoms with Crippen LogP contribution in [0.5, 0.6) is 0 Å². The van der Waals surface area contributed by atoms with Crippen molar-refractivity contribution >= 4 is 24.0 Å². The second-order valence-electron chi connectivity index (χ2n) is 6.05. The summed E-state index contributed by atoms with van der Waals surface area (Å²) >= 11 is 0. The van der Waals surface area contributed by atoms with E-state index in [0.717, 1.165) is 4.90 Å². The van der Waals surface area contributed by atoms with Gasteiger partial charge in [0.25, 0.3) is 17.7 Å². The third-order valence-electron chi connectivity index (χ3n) is 4.24. The van der Waals surface area contributed by atoms with Crippen molar-refractivity contribution in [2.24, 2.45) is 0 Å². The minimum atomic E-state index is -0.351. The highest BCUT2D eigenvalue weighted by molar-refractivity contribution is 6.21. The molecule has 1 aliphatic heterocycles. The van der Waals surface area contributed by atoms with Crippen LogP contribution in [0, 0.1) is 0 Å². The molecule has 3 amide bonds. The minimum Gasteiger partial charge on any atom is -0.345 e. The van der Waals surface area contributed by atoms with Crippen molar-refractivity contribution in [1.82, 2.24) is 9.80 Å². The predicted molar refractivity (Wildman–Crippen MR) is 91.7 cm³/mol. The van der Waals surface area contributed by atoms with E-state index >= 15 is 0 Å². The Kier molecular flexibility index (Phi) is 3.96. The zero-order chi connectivity index (χ0) is 18.3. The van der Waals surface area contributed by atoms with E-state index in [9.17, 15) is 19.2 Å². The van der Waals surface area contributed by atoms with Gasteiger partial charge >= 0.3 is 0 Å². The summed E-state index contributed by atoms with van der Waals surface area (Å²) in [5.41, 5.74) is 2.68. The average molecular weight is 336 g/mol. The maximum absolute atomic E-state index is 12.3. The second-order valence-corrected chi connectivity index (χ2v) is 6.05. The lowest BCUT2D eigenvalue weighted by Gasteiger charge is -2.13. The molecule has 0 saturated carbocycles. The molecule has 1 aliphatic rings. The summed E-state index contributed by atoms with van der Waals surface area (Å²) in [7, 11) is 4.66. The quantitative estimate of drug-likeness (QED) is 0.635. The molecule has 0 fully saturated rings. The summed E-state index contributed by atoms with van der Waals surface area (Å²) in [4.78, 5) is 50.1. The molecule has 0 atom stereocenters. The molecule has 2 aromatic rings. The molecule has 6 nitrogen and oxygen atoms in total. The molecule has 2 aromatic carbocycles. The van der Waals surface area contributed by atoms with Gasteiger partial charge in [0.05, 0.1) is 16.7 Å². The van der Waals surface area contributed by atoms with Crippen molar-refractivity contribution in [2.75, 3.05) is 21.1 Å². The summed E-state index contributed by atoms with van der Waals surface area (Å²) < 4.78 is 0. The zero-order valence-electron chi connectivity index (χ0n) is 14.1. The molecular formula is C19H16N2O4. The van der Waals surface area contributed by atoms with Gasteiger partial charge in [0.15, 0.2) is 6.29 Å². The summed E-state index contributed by atoms with van der Waals surface area (Å²) in [5, 5.41) is 0. The van der Waals surface area contributed by atoms with Gasteiger partial charge in [-0.1, -0.05) is 18.2 Å². The SMILES string of the molecule is CN(C)C(=O)c1cc(-c2ccc3c(c2)C(=O)N(C)C3=O)ccc1C=O. The molecule has 25 heavy (non-hydrogen) atoms. The van der Waals surface area contributed by atoms with Crippen LogP contribution >= 0.6 is 0 Å². The molecule has 0 spiro atoms. The lowest BCUT2D eigenvalue weighted by Crippen LogP contribution is -2.24. The highest BCUT2D eigenvalue weighted by atomic mass is 16.2.